The summed E-state index contributed by atoms with van der Waals surface area (Å²) >= 11 is 0. The lowest BCUT2D eigenvalue weighted by atomic mass is 10.0. The van der Waals surface area contributed by atoms with Crippen LogP contribution in [0.1, 0.15) is 452 Å². The van der Waals surface area contributed by atoms with E-state index in [-0.39, 0.29) is 25.7 Å². The van der Waals surface area contributed by atoms with Crippen molar-refractivity contribution in [2.75, 3.05) is 39.6 Å². The van der Waals surface area contributed by atoms with Gasteiger partial charge in [-0.05, 0) is 37.5 Å². The lowest BCUT2D eigenvalue weighted by molar-refractivity contribution is -0.161. The highest BCUT2D eigenvalue weighted by Gasteiger charge is 2.30. The van der Waals surface area contributed by atoms with Crippen LogP contribution in [0.2, 0.25) is 0 Å². The zero-order valence-electron chi connectivity index (χ0n) is 68.3. The summed E-state index contributed by atoms with van der Waals surface area (Å²) in [6.07, 6.45) is 68.1. The van der Waals surface area contributed by atoms with E-state index >= 15 is 0 Å². The van der Waals surface area contributed by atoms with E-state index in [0.717, 1.165) is 102 Å². The highest BCUT2D eigenvalue weighted by molar-refractivity contribution is 7.47. The number of phosphoric ester groups is 2. The quantitative estimate of drug-likeness (QED) is 0.0222. The normalized spacial score (nSPS) is 13.8. The average molecular weight is 1520 g/mol. The summed E-state index contributed by atoms with van der Waals surface area (Å²) in [6.45, 7) is 9.64. The van der Waals surface area contributed by atoms with E-state index in [1.54, 1.807) is 0 Å². The molecule has 0 aromatic heterocycles. The van der Waals surface area contributed by atoms with E-state index in [1.165, 1.54) is 263 Å². The standard InChI is InChI=1S/C85H166O17P2/c1-7-9-11-13-15-17-19-21-23-25-26-27-32-35-39-43-49-55-61-67-82(87)95-73-80(101-84(89)69-64-58-51-45-41-37-33-29-28-30-34-38-42-47-53-59-65-77(3)4)75-99-103(91,92)97-71-79(86)72-98-104(93,94)100-76-81(74-96-83(88)68-62-56-52-46-48-54-60-66-78(5)6)102-85(90)70-63-57-50-44-40-36-31-24-22-20-18-16-14-12-10-8-2/h77-81,86H,7-76H2,1-6H3,(H,91,92)(H,93,94)/t79-,80-,81-/m1/s1. The fourth-order valence-electron chi connectivity index (χ4n) is 13.2. The van der Waals surface area contributed by atoms with Gasteiger partial charge in [0, 0.05) is 25.7 Å². The van der Waals surface area contributed by atoms with Crippen molar-refractivity contribution in [3.8, 4) is 0 Å². The molecule has 618 valence electrons. The highest BCUT2D eigenvalue weighted by atomic mass is 31.2. The van der Waals surface area contributed by atoms with E-state index in [0.29, 0.717) is 31.6 Å². The molecular formula is C85H166O17P2. The third kappa shape index (κ3) is 78.2. The van der Waals surface area contributed by atoms with Gasteiger partial charge in [-0.1, -0.05) is 401 Å². The molecule has 0 aromatic rings. The second-order valence-electron chi connectivity index (χ2n) is 31.5. The van der Waals surface area contributed by atoms with Crippen LogP contribution >= 0.6 is 15.6 Å². The summed E-state index contributed by atoms with van der Waals surface area (Å²) in [5.74, 6) is -0.589. The number of phosphoric acid groups is 2. The number of hydrogen-bond acceptors (Lipinski definition) is 15. The third-order valence-corrected chi connectivity index (χ3v) is 21.9. The maximum atomic E-state index is 13.1. The van der Waals surface area contributed by atoms with Crippen molar-refractivity contribution in [1.29, 1.82) is 0 Å². The smallest absolute Gasteiger partial charge is 0.462 e. The summed E-state index contributed by atoms with van der Waals surface area (Å²) in [5, 5.41) is 10.7. The molecule has 104 heavy (non-hydrogen) atoms. The lowest BCUT2D eigenvalue weighted by Gasteiger charge is -2.21. The largest absolute Gasteiger partial charge is 0.472 e. The molecule has 0 heterocycles. The zero-order chi connectivity index (χ0) is 76.4. The van der Waals surface area contributed by atoms with Crippen molar-refractivity contribution >= 4 is 39.5 Å². The molecule has 0 radical (unpaired) electrons. The van der Waals surface area contributed by atoms with Gasteiger partial charge in [-0.2, -0.15) is 0 Å². The Morgan fingerprint density at radius 1 is 0.260 bits per heavy atom. The Labute approximate surface area is 638 Å². The van der Waals surface area contributed by atoms with Crippen LogP contribution in [-0.4, -0.2) is 96.7 Å². The molecule has 2 unspecified atom stereocenters. The van der Waals surface area contributed by atoms with Gasteiger partial charge in [-0.25, -0.2) is 9.13 Å². The van der Waals surface area contributed by atoms with Gasteiger partial charge < -0.3 is 33.8 Å². The van der Waals surface area contributed by atoms with Gasteiger partial charge in [0.25, 0.3) is 0 Å². The second-order valence-corrected chi connectivity index (χ2v) is 34.4. The number of rotatable bonds is 84. The van der Waals surface area contributed by atoms with Crippen LogP contribution < -0.4 is 0 Å². The number of hydrogen-bond donors (Lipinski definition) is 3. The van der Waals surface area contributed by atoms with E-state index in [9.17, 15) is 43.2 Å². The molecule has 0 aromatic carbocycles. The van der Waals surface area contributed by atoms with Crippen molar-refractivity contribution < 1.29 is 80.2 Å². The maximum Gasteiger partial charge on any atom is 0.472 e. The van der Waals surface area contributed by atoms with Gasteiger partial charge in [-0.15, -0.1) is 0 Å². The fraction of sp³-hybridized carbons (Fsp3) is 0.953. The number of ether oxygens (including phenoxy) is 4. The Balaban J connectivity index is 5.23. The number of aliphatic hydroxyl groups excluding tert-OH is 1. The average Bonchev–Trinajstić information content (AvgIpc) is 0.909. The molecule has 0 rings (SSSR count). The van der Waals surface area contributed by atoms with Crippen molar-refractivity contribution in [3.05, 3.63) is 0 Å². The van der Waals surface area contributed by atoms with Crippen LogP contribution in [0.25, 0.3) is 0 Å². The second kappa shape index (κ2) is 76.4. The van der Waals surface area contributed by atoms with Crippen LogP contribution in [0.4, 0.5) is 0 Å². The fourth-order valence-corrected chi connectivity index (χ4v) is 14.8. The zero-order valence-corrected chi connectivity index (χ0v) is 70.1. The number of carbonyl (C=O) groups is 4. The lowest BCUT2D eigenvalue weighted by Crippen LogP contribution is -2.30. The Kier molecular flexibility index (Phi) is 75.0. The molecule has 19 heteroatoms. The summed E-state index contributed by atoms with van der Waals surface area (Å²) in [4.78, 5) is 73.2. The summed E-state index contributed by atoms with van der Waals surface area (Å²) in [5.41, 5.74) is 0. The molecule has 0 spiro atoms. The SMILES string of the molecule is CCCCCCCCCCCCCCCCCCCCCC(=O)OC[C@H](COP(=O)(O)OC[C@@H](O)COP(=O)(O)OC[C@@H](COC(=O)CCCCCCCCCC(C)C)OC(=O)CCCCCCCCCCCCCCCCCC)OC(=O)CCCCCCCCCCCCCCCCCCC(C)C. The molecule has 0 fully saturated rings. The van der Waals surface area contributed by atoms with Gasteiger partial charge >= 0.3 is 39.5 Å². The van der Waals surface area contributed by atoms with E-state index in [1.807, 2.05) is 0 Å². The van der Waals surface area contributed by atoms with Gasteiger partial charge in [0.15, 0.2) is 12.2 Å². The Morgan fingerprint density at radius 3 is 0.654 bits per heavy atom. The molecule has 3 N–H and O–H groups in total. The Bertz CT molecular complexity index is 1990. The maximum absolute atomic E-state index is 13.1. The molecule has 0 aliphatic carbocycles. The van der Waals surface area contributed by atoms with Gasteiger partial charge in [-0.3, -0.25) is 37.3 Å². The Hall–Kier alpha value is -1.94. The van der Waals surface area contributed by atoms with Crippen LogP contribution in [0.5, 0.6) is 0 Å². The molecule has 0 aliphatic rings. The molecule has 0 saturated carbocycles. The van der Waals surface area contributed by atoms with E-state index in [4.69, 9.17) is 37.0 Å². The molecule has 0 aliphatic heterocycles. The van der Waals surface area contributed by atoms with Gasteiger partial charge in [0.2, 0.25) is 0 Å². The van der Waals surface area contributed by atoms with E-state index < -0.39 is 97.5 Å². The number of carbonyl (C=O) groups excluding carboxylic acids is 4. The number of aliphatic hydroxyl groups is 1. The van der Waals surface area contributed by atoms with Crippen LogP contribution in [-0.2, 0) is 65.4 Å². The molecular weight excluding hydrogens is 1350 g/mol. The summed E-state index contributed by atoms with van der Waals surface area (Å²) < 4.78 is 68.9. The minimum absolute atomic E-state index is 0.108. The molecule has 17 nitrogen and oxygen atoms in total. The third-order valence-electron chi connectivity index (χ3n) is 20.0. The Morgan fingerprint density at radius 2 is 0.442 bits per heavy atom. The monoisotopic (exact) mass is 1520 g/mol. The van der Waals surface area contributed by atoms with Crippen molar-refractivity contribution in [3.63, 3.8) is 0 Å². The first-order valence-electron chi connectivity index (χ1n) is 44.0. The summed E-state index contributed by atoms with van der Waals surface area (Å²) in [7, 11) is -9.93. The number of esters is 4. The first-order chi connectivity index (χ1) is 50.4. The minimum Gasteiger partial charge on any atom is -0.462 e. The molecule has 0 amide bonds. The van der Waals surface area contributed by atoms with E-state index in [2.05, 4.69) is 41.5 Å². The molecule has 0 bridgehead atoms. The van der Waals surface area contributed by atoms with Crippen LogP contribution in [0, 0.1) is 11.8 Å². The minimum atomic E-state index is -4.97. The number of unbranched alkanes of at least 4 members (excludes halogenated alkanes) is 54. The molecule has 0 saturated heterocycles. The van der Waals surface area contributed by atoms with Crippen molar-refractivity contribution in [2.24, 2.45) is 11.8 Å². The van der Waals surface area contributed by atoms with Gasteiger partial charge in [0.1, 0.15) is 19.3 Å². The summed E-state index contributed by atoms with van der Waals surface area (Å²) in [6, 6.07) is 0. The van der Waals surface area contributed by atoms with Crippen molar-refractivity contribution in [1.82, 2.24) is 0 Å². The first-order valence-corrected chi connectivity index (χ1v) is 47.0. The van der Waals surface area contributed by atoms with Crippen LogP contribution in [0.3, 0.4) is 0 Å². The topological polar surface area (TPSA) is 237 Å². The predicted octanol–water partition coefficient (Wildman–Crippen LogP) is 25.8. The van der Waals surface area contributed by atoms with Crippen LogP contribution in [0.15, 0.2) is 0 Å². The molecule has 5 atom stereocenters. The highest BCUT2D eigenvalue weighted by Crippen LogP contribution is 2.45. The predicted molar refractivity (Wildman–Crippen MR) is 428 cm³/mol. The van der Waals surface area contributed by atoms with Crippen molar-refractivity contribution in [2.45, 2.75) is 471 Å². The van der Waals surface area contributed by atoms with Gasteiger partial charge in [0.05, 0.1) is 26.4 Å². The first kappa shape index (κ1) is 102.